The van der Waals surface area contributed by atoms with Crippen molar-refractivity contribution < 1.29 is 19.4 Å². The monoisotopic (exact) mass is 390 g/mol. The number of rotatable bonds is 4. The summed E-state index contributed by atoms with van der Waals surface area (Å²) < 4.78 is 10.6. The molecule has 29 heavy (non-hydrogen) atoms. The molecule has 1 aliphatic rings. The molecule has 2 heterocycles. The van der Waals surface area contributed by atoms with E-state index >= 15 is 0 Å². The number of esters is 1. The number of aromatic hydroxyl groups is 1. The topological polar surface area (TPSA) is 71.9 Å². The van der Waals surface area contributed by atoms with Crippen LogP contribution in [0.2, 0.25) is 0 Å². The highest BCUT2D eigenvalue weighted by Gasteiger charge is 2.20. The fourth-order valence-corrected chi connectivity index (χ4v) is 3.51. The first kappa shape index (κ1) is 19.0. The lowest BCUT2D eigenvalue weighted by atomic mass is 10.0. The molecular weight excluding hydrogens is 368 g/mol. The van der Waals surface area contributed by atoms with Gasteiger partial charge in [-0.05, 0) is 41.5 Å². The van der Waals surface area contributed by atoms with E-state index in [0.29, 0.717) is 31.0 Å². The Morgan fingerprint density at radius 2 is 2.03 bits per heavy atom. The van der Waals surface area contributed by atoms with Crippen LogP contribution >= 0.6 is 0 Å². The molecule has 1 N–H and O–H groups in total. The van der Waals surface area contributed by atoms with Crippen molar-refractivity contribution in [3.05, 3.63) is 77.6 Å². The van der Waals surface area contributed by atoms with Crippen LogP contribution in [0.15, 0.2) is 60.9 Å². The summed E-state index contributed by atoms with van der Waals surface area (Å²) in [4.78, 5) is 18.0. The highest BCUT2D eigenvalue weighted by atomic mass is 16.5. The van der Waals surface area contributed by atoms with Crippen molar-refractivity contribution in [1.29, 1.82) is 0 Å². The summed E-state index contributed by atoms with van der Waals surface area (Å²) >= 11 is 0. The number of hydrogen-bond acceptors (Lipinski definition) is 6. The Kier molecular flexibility index (Phi) is 5.44. The van der Waals surface area contributed by atoms with E-state index in [1.807, 2.05) is 30.3 Å². The molecule has 0 fully saturated rings. The Morgan fingerprint density at radius 3 is 2.76 bits per heavy atom. The van der Waals surface area contributed by atoms with Gasteiger partial charge in [0.25, 0.3) is 0 Å². The van der Waals surface area contributed by atoms with Crippen LogP contribution in [0.25, 0.3) is 11.1 Å². The first-order valence-electron chi connectivity index (χ1n) is 9.43. The number of nitrogens with zero attached hydrogens (tertiary/aromatic N) is 2. The number of fused-ring (bicyclic) bond motifs is 1. The fraction of sp³-hybridized carbons (Fsp3) is 0.217. The van der Waals surface area contributed by atoms with Crippen molar-refractivity contribution in [1.82, 2.24) is 9.88 Å². The molecule has 0 saturated heterocycles. The van der Waals surface area contributed by atoms with Gasteiger partial charge in [0.05, 0.1) is 12.7 Å². The maximum absolute atomic E-state index is 11.6. The number of ether oxygens (including phenoxy) is 2. The second-order valence-corrected chi connectivity index (χ2v) is 6.97. The van der Waals surface area contributed by atoms with Crippen molar-refractivity contribution in [2.75, 3.05) is 20.3 Å². The van der Waals surface area contributed by atoms with E-state index in [-0.39, 0.29) is 11.7 Å². The highest BCUT2D eigenvalue weighted by Crippen LogP contribution is 2.37. The number of aromatic nitrogens is 1. The Balaban J connectivity index is 1.56. The molecule has 0 bridgehead atoms. The van der Waals surface area contributed by atoms with Crippen LogP contribution in [0.4, 0.5) is 0 Å². The van der Waals surface area contributed by atoms with Crippen LogP contribution < -0.4 is 4.74 Å². The maximum atomic E-state index is 11.6. The van der Waals surface area contributed by atoms with Gasteiger partial charge in [-0.25, -0.2) is 4.79 Å². The van der Waals surface area contributed by atoms with E-state index in [2.05, 4.69) is 9.88 Å². The number of methoxy groups -OCH3 is 1. The van der Waals surface area contributed by atoms with Crippen molar-refractivity contribution in [3.8, 4) is 22.6 Å². The van der Waals surface area contributed by atoms with Gasteiger partial charge in [0.15, 0.2) is 11.5 Å². The van der Waals surface area contributed by atoms with Gasteiger partial charge < -0.3 is 14.6 Å². The average molecular weight is 390 g/mol. The zero-order valence-corrected chi connectivity index (χ0v) is 16.2. The molecule has 1 aliphatic heterocycles. The van der Waals surface area contributed by atoms with Crippen molar-refractivity contribution in [3.63, 3.8) is 0 Å². The molecular formula is C23H22N2O4. The summed E-state index contributed by atoms with van der Waals surface area (Å²) in [6.07, 6.45) is 3.50. The van der Waals surface area contributed by atoms with Crippen molar-refractivity contribution in [2.24, 2.45) is 0 Å². The zero-order chi connectivity index (χ0) is 20.2. The van der Waals surface area contributed by atoms with E-state index in [1.54, 1.807) is 30.6 Å². The third kappa shape index (κ3) is 4.22. The predicted octanol–water partition coefficient (Wildman–Crippen LogP) is 3.64. The van der Waals surface area contributed by atoms with Crippen LogP contribution in [0, 0.1) is 0 Å². The van der Waals surface area contributed by atoms with E-state index in [0.717, 1.165) is 28.8 Å². The lowest BCUT2D eigenvalue weighted by Crippen LogP contribution is -2.25. The predicted molar refractivity (Wildman–Crippen MR) is 109 cm³/mol. The summed E-state index contributed by atoms with van der Waals surface area (Å²) in [7, 11) is 1.38. The lowest BCUT2D eigenvalue weighted by Gasteiger charge is -2.20. The second-order valence-electron chi connectivity index (χ2n) is 6.97. The van der Waals surface area contributed by atoms with Gasteiger partial charge in [0.1, 0.15) is 6.61 Å². The third-order valence-electron chi connectivity index (χ3n) is 4.97. The van der Waals surface area contributed by atoms with E-state index in [9.17, 15) is 9.90 Å². The van der Waals surface area contributed by atoms with E-state index < -0.39 is 0 Å². The van der Waals surface area contributed by atoms with Gasteiger partial charge in [-0.15, -0.1) is 0 Å². The van der Waals surface area contributed by atoms with Gasteiger partial charge in [-0.2, -0.15) is 0 Å². The number of carbonyl (C=O) groups is 1. The SMILES string of the molecule is COC(=O)c1ccc(CN2CCOc3c(O)cc(-c4cccnc4)cc3C2)cc1. The normalized spacial score (nSPS) is 13.8. The Bertz CT molecular complexity index is 1000. The number of phenols is 1. The molecule has 0 spiro atoms. The van der Waals surface area contributed by atoms with Crippen LogP contribution in [0.5, 0.6) is 11.5 Å². The van der Waals surface area contributed by atoms with Crippen LogP contribution in [0.3, 0.4) is 0 Å². The van der Waals surface area contributed by atoms with Gasteiger partial charge >= 0.3 is 5.97 Å². The molecule has 1 aromatic heterocycles. The van der Waals surface area contributed by atoms with Gasteiger partial charge in [-0.1, -0.05) is 18.2 Å². The van der Waals surface area contributed by atoms with Crippen LogP contribution in [-0.2, 0) is 17.8 Å². The lowest BCUT2D eigenvalue weighted by molar-refractivity contribution is 0.0600. The largest absolute Gasteiger partial charge is 0.504 e. The Morgan fingerprint density at radius 1 is 1.21 bits per heavy atom. The molecule has 2 aromatic carbocycles. The summed E-state index contributed by atoms with van der Waals surface area (Å²) in [6, 6.07) is 15.0. The maximum Gasteiger partial charge on any atom is 0.337 e. The molecule has 0 unspecified atom stereocenters. The number of benzene rings is 2. The Hall–Kier alpha value is -3.38. The average Bonchev–Trinajstić information content (AvgIpc) is 2.96. The smallest absolute Gasteiger partial charge is 0.337 e. The van der Waals surface area contributed by atoms with Crippen molar-refractivity contribution >= 4 is 5.97 Å². The molecule has 0 atom stereocenters. The molecule has 0 radical (unpaired) electrons. The first-order chi connectivity index (χ1) is 14.1. The molecule has 0 saturated carbocycles. The molecule has 4 rings (SSSR count). The fourth-order valence-electron chi connectivity index (χ4n) is 3.51. The highest BCUT2D eigenvalue weighted by molar-refractivity contribution is 5.89. The number of carbonyl (C=O) groups excluding carboxylic acids is 1. The number of pyridine rings is 1. The zero-order valence-electron chi connectivity index (χ0n) is 16.2. The van der Waals surface area contributed by atoms with E-state index in [4.69, 9.17) is 9.47 Å². The molecule has 0 amide bonds. The Labute approximate surface area is 169 Å². The second kappa shape index (κ2) is 8.32. The third-order valence-corrected chi connectivity index (χ3v) is 4.97. The summed E-state index contributed by atoms with van der Waals surface area (Å²) in [6.45, 7) is 2.58. The number of phenolic OH excluding ortho intramolecular Hbond substituents is 1. The minimum Gasteiger partial charge on any atom is -0.504 e. The quantitative estimate of drug-likeness (QED) is 0.686. The standard InChI is InChI=1S/C23H22N2O4/c1-28-23(27)17-6-4-16(5-7-17)14-25-9-10-29-22-20(15-25)11-19(12-21(22)26)18-3-2-8-24-13-18/h2-8,11-13,26H,9-10,14-15H2,1H3. The van der Waals surface area contributed by atoms with Gasteiger partial charge in [0.2, 0.25) is 0 Å². The summed E-state index contributed by atoms with van der Waals surface area (Å²) in [5.41, 5.74) is 4.41. The molecule has 6 heteroatoms. The van der Waals surface area contributed by atoms with Gasteiger partial charge in [0, 0.05) is 43.2 Å². The van der Waals surface area contributed by atoms with Crippen LogP contribution in [0.1, 0.15) is 21.5 Å². The minimum atomic E-state index is -0.341. The molecule has 148 valence electrons. The molecule has 3 aromatic rings. The van der Waals surface area contributed by atoms with Crippen molar-refractivity contribution in [2.45, 2.75) is 13.1 Å². The summed E-state index contributed by atoms with van der Waals surface area (Å²) in [5, 5.41) is 10.5. The molecule has 6 nitrogen and oxygen atoms in total. The first-order valence-corrected chi connectivity index (χ1v) is 9.43. The van der Waals surface area contributed by atoms with E-state index in [1.165, 1.54) is 7.11 Å². The van der Waals surface area contributed by atoms with Gasteiger partial charge in [-0.3, -0.25) is 9.88 Å². The minimum absolute atomic E-state index is 0.144. The van der Waals surface area contributed by atoms with Crippen LogP contribution in [-0.4, -0.2) is 41.2 Å². The molecule has 0 aliphatic carbocycles. The summed E-state index contributed by atoms with van der Waals surface area (Å²) in [5.74, 6) is 0.346. The number of hydrogen-bond donors (Lipinski definition) is 1.